The lowest BCUT2D eigenvalue weighted by Gasteiger charge is -2.46. The van der Waals surface area contributed by atoms with Crippen LogP contribution >= 0.6 is 0 Å². The van der Waals surface area contributed by atoms with Gasteiger partial charge < -0.3 is 30.3 Å². The molecule has 1 heterocycles. The van der Waals surface area contributed by atoms with Crippen molar-refractivity contribution in [3.8, 4) is 0 Å². The molecule has 5 N–H and O–H groups in total. The zero-order valence-electron chi connectivity index (χ0n) is 7.79. The maximum absolute atomic E-state index is 12.4. The highest BCUT2D eigenvalue weighted by atomic mass is 19.4. The molecule has 9 heteroatoms. The van der Waals surface area contributed by atoms with Gasteiger partial charge in [0.1, 0.15) is 18.3 Å². The minimum atomic E-state index is -5.40. The first-order chi connectivity index (χ1) is 7.16. The largest absolute Gasteiger partial charge is 0.424 e. The fourth-order valence-corrected chi connectivity index (χ4v) is 1.42. The van der Waals surface area contributed by atoms with E-state index in [1.165, 1.54) is 0 Å². The van der Waals surface area contributed by atoms with E-state index >= 15 is 0 Å². The normalized spacial score (nSPS) is 45.8. The Hall–Kier alpha value is -0.450. The second kappa shape index (κ2) is 4.09. The standard InChI is InChI=1S/C7H11F3O6/c8-7(9,10)6(15)4(13)3(12)2(1-11)16-5(6)14/h2-5,11-15H,1H2/t2-,3-,4+,5?,6+/m1/s1. The highest BCUT2D eigenvalue weighted by Crippen LogP contribution is 2.41. The molecule has 0 radical (unpaired) electrons. The molecule has 1 unspecified atom stereocenters. The van der Waals surface area contributed by atoms with Crippen LogP contribution in [0, 0.1) is 0 Å². The summed E-state index contributed by atoms with van der Waals surface area (Å²) in [5.74, 6) is 0. The third-order valence-electron chi connectivity index (χ3n) is 2.47. The van der Waals surface area contributed by atoms with Crippen molar-refractivity contribution >= 4 is 0 Å². The Morgan fingerprint density at radius 2 is 1.69 bits per heavy atom. The van der Waals surface area contributed by atoms with Crippen molar-refractivity contribution in [2.45, 2.75) is 36.4 Å². The third-order valence-corrected chi connectivity index (χ3v) is 2.47. The Morgan fingerprint density at radius 3 is 2.06 bits per heavy atom. The van der Waals surface area contributed by atoms with E-state index in [1.807, 2.05) is 0 Å². The zero-order chi connectivity index (χ0) is 12.7. The molecule has 1 fully saturated rings. The average Bonchev–Trinajstić information content (AvgIpc) is 2.18. The van der Waals surface area contributed by atoms with Gasteiger partial charge in [0.25, 0.3) is 0 Å². The highest BCUT2D eigenvalue weighted by molar-refractivity contribution is 5.04. The molecule has 0 aromatic carbocycles. The average molecular weight is 248 g/mol. The molecule has 0 aromatic rings. The summed E-state index contributed by atoms with van der Waals surface area (Å²) in [4.78, 5) is 0. The number of hydrogen-bond acceptors (Lipinski definition) is 6. The van der Waals surface area contributed by atoms with Gasteiger partial charge in [-0.1, -0.05) is 0 Å². The maximum atomic E-state index is 12.4. The van der Waals surface area contributed by atoms with Gasteiger partial charge in [-0.3, -0.25) is 0 Å². The lowest BCUT2D eigenvalue weighted by molar-refractivity contribution is -0.404. The second-order valence-corrected chi connectivity index (χ2v) is 3.47. The van der Waals surface area contributed by atoms with Gasteiger partial charge in [0.15, 0.2) is 6.29 Å². The van der Waals surface area contributed by atoms with E-state index in [0.29, 0.717) is 0 Å². The van der Waals surface area contributed by atoms with Crippen molar-refractivity contribution in [2.24, 2.45) is 0 Å². The Labute approximate surface area is 87.5 Å². The number of hydrogen-bond donors (Lipinski definition) is 5. The summed E-state index contributed by atoms with van der Waals surface area (Å²) in [5, 5.41) is 45.0. The Bertz CT molecular complexity index is 259. The summed E-state index contributed by atoms with van der Waals surface area (Å²) in [6.45, 7) is -0.913. The van der Waals surface area contributed by atoms with Crippen LogP contribution in [-0.2, 0) is 4.74 Å². The van der Waals surface area contributed by atoms with Crippen LogP contribution in [0.2, 0.25) is 0 Å². The molecule has 1 aliphatic rings. The fourth-order valence-electron chi connectivity index (χ4n) is 1.42. The number of alkyl halides is 3. The zero-order valence-corrected chi connectivity index (χ0v) is 7.79. The maximum Gasteiger partial charge on any atom is 0.424 e. The van der Waals surface area contributed by atoms with Crippen LogP contribution in [0.3, 0.4) is 0 Å². The second-order valence-electron chi connectivity index (χ2n) is 3.47. The number of rotatable bonds is 1. The first-order valence-corrected chi connectivity index (χ1v) is 4.26. The summed E-state index contributed by atoms with van der Waals surface area (Å²) in [7, 11) is 0. The van der Waals surface area contributed by atoms with Crippen LogP contribution in [0.25, 0.3) is 0 Å². The van der Waals surface area contributed by atoms with Gasteiger partial charge in [-0.25, -0.2) is 0 Å². The monoisotopic (exact) mass is 248 g/mol. The minimum absolute atomic E-state index is 0.913. The van der Waals surface area contributed by atoms with E-state index in [9.17, 15) is 13.2 Å². The molecule has 5 atom stereocenters. The molecule has 0 spiro atoms. The lowest BCUT2D eigenvalue weighted by atomic mass is 9.86. The predicted molar refractivity (Wildman–Crippen MR) is 41.0 cm³/mol. The molecule has 96 valence electrons. The highest BCUT2D eigenvalue weighted by Gasteiger charge is 2.68. The molecule has 1 saturated heterocycles. The minimum Gasteiger partial charge on any atom is -0.394 e. The van der Waals surface area contributed by atoms with E-state index in [1.54, 1.807) is 0 Å². The fraction of sp³-hybridized carbons (Fsp3) is 1.00. The van der Waals surface area contributed by atoms with E-state index in [2.05, 4.69) is 4.74 Å². The van der Waals surface area contributed by atoms with Crippen molar-refractivity contribution in [3.63, 3.8) is 0 Å². The molecular formula is C7H11F3O6. The molecule has 6 nitrogen and oxygen atoms in total. The van der Waals surface area contributed by atoms with E-state index in [-0.39, 0.29) is 0 Å². The van der Waals surface area contributed by atoms with Crippen LogP contribution in [0.15, 0.2) is 0 Å². The van der Waals surface area contributed by atoms with E-state index < -0.39 is 43.0 Å². The van der Waals surface area contributed by atoms with Crippen molar-refractivity contribution in [2.75, 3.05) is 6.61 Å². The van der Waals surface area contributed by atoms with Crippen LogP contribution in [0.1, 0.15) is 0 Å². The number of aliphatic hydroxyl groups is 5. The van der Waals surface area contributed by atoms with Crippen LogP contribution in [0.5, 0.6) is 0 Å². The van der Waals surface area contributed by atoms with Gasteiger partial charge in [-0.15, -0.1) is 0 Å². The van der Waals surface area contributed by atoms with Crippen molar-refractivity contribution < 1.29 is 43.4 Å². The van der Waals surface area contributed by atoms with Crippen LogP contribution in [0.4, 0.5) is 13.2 Å². The van der Waals surface area contributed by atoms with Gasteiger partial charge in [0.2, 0.25) is 5.60 Å². The van der Waals surface area contributed by atoms with E-state index in [0.717, 1.165) is 0 Å². The third kappa shape index (κ3) is 1.79. The molecule has 0 aliphatic carbocycles. The van der Waals surface area contributed by atoms with Gasteiger partial charge in [0, 0.05) is 0 Å². The summed E-state index contributed by atoms with van der Waals surface area (Å²) >= 11 is 0. The topological polar surface area (TPSA) is 110 Å². The summed E-state index contributed by atoms with van der Waals surface area (Å²) in [6, 6.07) is 0. The molecular weight excluding hydrogens is 237 g/mol. The molecule has 0 saturated carbocycles. The Balaban J connectivity index is 3.05. The smallest absolute Gasteiger partial charge is 0.394 e. The molecule has 16 heavy (non-hydrogen) atoms. The molecule has 0 aromatic heterocycles. The van der Waals surface area contributed by atoms with E-state index in [4.69, 9.17) is 25.5 Å². The number of halogens is 3. The van der Waals surface area contributed by atoms with Gasteiger partial charge >= 0.3 is 6.18 Å². The van der Waals surface area contributed by atoms with Crippen molar-refractivity contribution in [1.82, 2.24) is 0 Å². The number of aliphatic hydroxyl groups excluding tert-OH is 4. The summed E-state index contributed by atoms with van der Waals surface area (Å²) in [6.07, 6.45) is -14.7. The summed E-state index contributed by atoms with van der Waals surface area (Å²) < 4.78 is 41.4. The Kier molecular flexibility index (Phi) is 3.48. The van der Waals surface area contributed by atoms with Crippen molar-refractivity contribution in [3.05, 3.63) is 0 Å². The molecule has 1 aliphatic heterocycles. The molecule has 1 rings (SSSR count). The van der Waals surface area contributed by atoms with Gasteiger partial charge in [-0.05, 0) is 0 Å². The first kappa shape index (κ1) is 13.6. The van der Waals surface area contributed by atoms with Gasteiger partial charge in [0.05, 0.1) is 6.61 Å². The summed E-state index contributed by atoms with van der Waals surface area (Å²) in [5.41, 5.74) is -3.99. The Morgan fingerprint density at radius 1 is 1.19 bits per heavy atom. The quantitative estimate of drug-likeness (QED) is 0.357. The van der Waals surface area contributed by atoms with Crippen molar-refractivity contribution in [1.29, 1.82) is 0 Å². The lowest BCUT2D eigenvalue weighted by Crippen LogP contribution is -2.72. The molecule has 0 amide bonds. The predicted octanol–water partition coefficient (Wildman–Crippen LogP) is -2.29. The SMILES string of the molecule is OC[C@H]1OC(O)[C@](O)(C(F)(F)F)[C@@H](O)[C@@H]1O. The van der Waals surface area contributed by atoms with Crippen LogP contribution < -0.4 is 0 Å². The molecule has 0 bridgehead atoms. The van der Waals surface area contributed by atoms with Crippen LogP contribution in [-0.4, -0.2) is 68.5 Å². The first-order valence-electron chi connectivity index (χ1n) is 4.26. The van der Waals surface area contributed by atoms with Gasteiger partial charge in [-0.2, -0.15) is 13.2 Å². The number of ether oxygens (including phenoxy) is 1.